The zero-order valence-corrected chi connectivity index (χ0v) is 13.3. The van der Waals surface area contributed by atoms with Gasteiger partial charge in [-0.2, -0.15) is 0 Å². The molecule has 1 aromatic carbocycles. The summed E-state index contributed by atoms with van der Waals surface area (Å²) in [7, 11) is 3.70. The van der Waals surface area contributed by atoms with E-state index in [1.807, 2.05) is 13.1 Å². The van der Waals surface area contributed by atoms with E-state index in [0.717, 1.165) is 18.0 Å². The van der Waals surface area contributed by atoms with Crippen LogP contribution < -0.4 is 15.4 Å². The molecule has 0 fully saturated rings. The highest BCUT2D eigenvalue weighted by molar-refractivity contribution is 5.54. The molecule has 0 aliphatic carbocycles. The molecule has 0 saturated carbocycles. The Labute approximate surface area is 117 Å². The van der Waals surface area contributed by atoms with Gasteiger partial charge in [-0.3, -0.25) is 0 Å². The number of hydrogen-bond donors (Lipinski definition) is 2. The SMILES string of the molecule is CNCC(C)(C)Nc1ccc(OC)c(C(C)(C)C)c1. The standard InChI is InChI=1S/C16H28N2O/c1-15(2,3)13-10-12(8-9-14(13)19-7)18-16(4,5)11-17-6/h8-10,17-18H,11H2,1-7H3. The van der Waals surface area contributed by atoms with Gasteiger partial charge in [0.05, 0.1) is 7.11 Å². The molecule has 3 heteroatoms. The molecule has 0 radical (unpaired) electrons. The lowest BCUT2D eigenvalue weighted by Crippen LogP contribution is -2.40. The van der Waals surface area contributed by atoms with Crippen molar-refractivity contribution in [3.63, 3.8) is 0 Å². The van der Waals surface area contributed by atoms with Crippen molar-refractivity contribution in [3.8, 4) is 5.75 Å². The van der Waals surface area contributed by atoms with E-state index in [1.165, 1.54) is 5.56 Å². The fourth-order valence-electron chi connectivity index (χ4n) is 2.25. The number of methoxy groups -OCH3 is 1. The maximum Gasteiger partial charge on any atom is 0.122 e. The topological polar surface area (TPSA) is 33.3 Å². The summed E-state index contributed by atoms with van der Waals surface area (Å²) in [6.45, 7) is 11.9. The Morgan fingerprint density at radius 2 is 1.74 bits per heavy atom. The van der Waals surface area contributed by atoms with Gasteiger partial charge in [-0.15, -0.1) is 0 Å². The summed E-state index contributed by atoms with van der Waals surface area (Å²) in [6.07, 6.45) is 0. The maximum atomic E-state index is 5.46. The number of anilines is 1. The van der Waals surface area contributed by atoms with Crippen molar-refractivity contribution in [3.05, 3.63) is 23.8 Å². The quantitative estimate of drug-likeness (QED) is 0.855. The molecular weight excluding hydrogens is 236 g/mol. The summed E-state index contributed by atoms with van der Waals surface area (Å²) in [5, 5.41) is 6.77. The van der Waals surface area contributed by atoms with Gasteiger partial charge < -0.3 is 15.4 Å². The lowest BCUT2D eigenvalue weighted by Gasteiger charge is -2.29. The Balaban J connectivity index is 3.06. The first-order valence-corrected chi connectivity index (χ1v) is 6.81. The Kier molecular flexibility index (Phi) is 4.86. The van der Waals surface area contributed by atoms with E-state index in [2.05, 4.69) is 57.4 Å². The average Bonchev–Trinajstić information content (AvgIpc) is 2.27. The lowest BCUT2D eigenvalue weighted by molar-refractivity contribution is 0.397. The smallest absolute Gasteiger partial charge is 0.122 e. The number of rotatable bonds is 5. The molecule has 1 rings (SSSR count). The first-order chi connectivity index (χ1) is 8.69. The van der Waals surface area contributed by atoms with Gasteiger partial charge in [-0.1, -0.05) is 20.8 Å². The molecule has 0 heterocycles. The van der Waals surface area contributed by atoms with Crippen LogP contribution in [0.1, 0.15) is 40.2 Å². The number of ether oxygens (including phenoxy) is 1. The monoisotopic (exact) mass is 264 g/mol. The largest absolute Gasteiger partial charge is 0.496 e. The molecule has 108 valence electrons. The van der Waals surface area contributed by atoms with Gasteiger partial charge in [0.1, 0.15) is 5.75 Å². The highest BCUT2D eigenvalue weighted by Gasteiger charge is 2.21. The fourth-order valence-corrected chi connectivity index (χ4v) is 2.25. The van der Waals surface area contributed by atoms with Crippen LogP contribution in [-0.4, -0.2) is 26.2 Å². The number of benzene rings is 1. The highest BCUT2D eigenvalue weighted by Crippen LogP contribution is 2.34. The Bertz CT molecular complexity index is 419. The van der Waals surface area contributed by atoms with Crippen molar-refractivity contribution in [1.82, 2.24) is 5.32 Å². The summed E-state index contributed by atoms with van der Waals surface area (Å²) in [4.78, 5) is 0. The van der Waals surface area contributed by atoms with Gasteiger partial charge in [0.25, 0.3) is 0 Å². The van der Waals surface area contributed by atoms with E-state index in [9.17, 15) is 0 Å². The van der Waals surface area contributed by atoms with Crippen LogP contribution >= 0.6 is 0 Å². The van der Waals surface area contributed by atoms with Crippen LogP contribution in [0, 0.1) is 0 Å². The van der Waals surface area contributed by atoms with E-state index in [4.69, 9.17) is 4.74 Å². The van der Waals surface area contributed by atoms with Gasteiger partial charge in [0, 0.05) is 23.3 Å². The molecule has 0 bridgehead atoms. The Morgan fingerprint density at radius 1 is 1.11 bits per heavy atom. The van der Waals surface area contributed by atoms with E-state index < -0.39 is 0 Å². The summed E-state index contributed by atoms with van der Waals surface area (Å²) >= 11 is 0. The van der Waals surface area contributed by atoms with Crippen molar-refractivity contribution in [2.24, 2.45) is 0 Å². The van der Waals surface area contributed by atoms with E-state index in [-0.39, 0.29) is 11.0 Å². The van der Waals surface area contributed by atoms with Gasteiger partial charge in [-0.25, -0.2) is 0 Å². The molecule has 19 heavy (non-hydrogen) atoms. The second-order valence-corrected chi connectivity index (χ2v) is 6.70. The second-order valence-electron chi connectivity index (χ2n) is 6.70. The summed E-state index contributed by atoms with van der Waals surface area (Å²) in [6, 6.07) is 6.31. The number of hydrogen-bond acceptors (Lipinski definition) is 3. The molecule has 0 amide bonds. The van der Waals surface area contributed by atoms with Crippen LogP contribution in [-0.2, 0) is 5.41 Å². The predicted octanol–water partition coefficient (Wildman–Crippen LogP) is 3.40. The van der Waals surface area contributed by atoms with Crippen molar-refractivity contribution in [2.45, 2.75) is 45.6 Å². The van der Waals surface area contributed by atoms with Crippen LogP contribution in [0.2, 0.25) is 0 Å². The molecule has 3 nitrogen and oxygen atoms in total. The van der Waals surface area contributed by atoms with Crippen molar-refractivity contribution in [2.75, 3.05) is 26.0 Å². The predicted molar refractivity (Wildman–Crippen MR) is 83.3 cm³/mol. The van der Waals surface area contributed by atoms with Crippen LogP contribution in [0.3, 0.4) is 0 Å². The molecule has 0 spiro atoms. The third-order valence-corrected chi connectivity index (χ3v) is 3.11. The number of nitrogens with one attached hydrogen (secondary N) is 2. The summed E-state index contributed by atoms with van der Waals surface area (Å²) in [5.74, 6) is 0.949. The normalized spacial score (nSPS) is 12.4. The molecule has 0 unspecified atom stereocenters. The second kappa shape index (κ2) is 5.83. The average molecular weight is 264 g/mol. The van der Waals surface area contributed by atoms with Gasteiger partial charge in [0.2, 0.25) is 0 Å². The zero-order valence-electron chi connectivity index (χ0n) is 13.3. The Morgan fingerprint density at radius 3 is 2.21 bits per heavy atom. The molecule has 0 atom stereocenters. The van der Waals surface area contributed by atoms with Crippen molar-refractivity contribution in [1.29, 1.82) is 0 Å². The lowest BCUT2D eigenvalue weighted by atomic mass is 9.86. The minimum atomic E-state index is 0.0124. The van der Waals surface area contributed by atoms with Gasteiger partial charge in [0.15, 0.2) is 0 Å². The van der Waals surface area contributed by atoms with Crippen LogP contribution in [0.4, 0.5) is 5.69 Å². The third-order valence-electron chi connectivity index (χ3n) is 3.11. The Hall–Kier alpha value is -1.22. The molecule has 0 aromatic heterocycles. The first kappa shape index (κ1) is 15.8. The van der Waals surface area contributed by atoms with E-state index >= 15 is 0 Å². The fraction of sp³-hybridized carbons (Fsp3) is 0.625. The molecule has 1 aromatic rings. The molecular formula is C16H28N2O. The minimum Gasteiger partial charge on any atom is -0.496 e. The van der Waals surface area contributed by atoms with Crippen molar-refractivity contribution >= 4 is 5.69 Å². The van der Waals surface area contributed by atoms with Crippen LogP contribution in [0.5, 0.6) is 5.75 Å². The van der Waals surface area contributed by atoms with Crippen LogP contribution in [0.25, 0.3) is 0 Å². The maximum absolute atomic E-state index is 5.46. The number of likely N-dealkylation sites (N-methyl/N-ethyl adjacent to an activating group) is 1. The van der Waals surface area contributed by atoms with E-state index in [1.54, 1.807) is 7.11 Å². The van der Waals surface area contributed by atoms with Gasteiger partial charge in [-0.05, 0) is 44.5 Å². The summed E-state index contributed by atoms with van der Waals surface area (Å²) in [5.41, 5.74) is 2.43. The van der Waals surface area contributed by atoms with Crippen LogP contribution in [0.15, 0.2) is 18.2 Å². The van der Waals surface area contributed by atoms with Crippen molar-refractivity contribution < 1.29 is 4.74 Å². The minimum absolute atomic E-state index is 0.0124. The summed E-state index contributed by atoms with van der Waals surface area (Å²) < 4.78 is 5.46. The zero-order chi connectivity index (χ0) is 14.7. The third kappa shape index (κ3) is 4.43. The highest BCUT2D eigenvalue weighted by atomic mass is 16.5. The molecule has 0 aliphatic rings. The molecule has 0 aliphatic heterocycles. The molecule has 2 N–H and O–H groups in total. The van der Waals surface area contributed by atoms with E-state index in [0.29, 0.717) is 0 Å². The first-order valence-electron chi connectivity index (χ1n) is 6.81. The molecule has 0 saturated heterocycles. The van der Waals surface area contributed by atoms with Gasteiger partial charge >= 0.3 is 0 Å².